The number of para-hydroxylation sites is 1. The van der Waals surface area contributed by atoms with Crippen LogP contribution in [0.5, 0.6) is 5.88 Å². The predicted octanol–water partition coefficient (Wildman–Crippen LogP) is 5.38. The minimum atomic E-state index is -3.95. The number of unbranched alkanes of at least 4 members (excludes halogenated alkanes) is 1. The second-order valence-corrected chi connectivity index (χ2v) is 8.31. The maximum Gasteiger partial charge on any atom is 0.299 e. The van der Waals surface area contributed by atoms with Gasteiger partial charge in [-0.3, -0.25) is 0 Å². The lowest BCUT2D eigenvalue weighted by molar-refractivity contribution is 0.418. The van der Waals surface area contributed by atoms with Crippen molar-refractivity contribution in [3.05, 3.63) is 53.0 Å². The van der Waals surface area contributed by atoms with Gasteiger partial charge in [0.25, 0.3) is 10.0 Å². The lowest BCUT2D eigenvalue weighted by atomic mass is 10.2. The quantitative estimate of drug-likeness (QED) is 0.527. The van der Waals surface area contributed by atoms with Crippen LogP contribution in [0.1, 0.15) is 19.8 Å². The molecule has 0 saturated carbocycles. The zero-order valence-corrected chi connectivity index (χ0v) is 16.5. The monoisotopic (exact) mass is 435 g/mol. The third-order valence-corrected chi connectivity index (χ3v) is 5.71. The van der Waals surface area contributed by atoms with Gasteiger partial charge in [-0.25, -0.2) is 0 Å². The van der Waals surface area contributed by atoms with Gasteiger partial charge in [-0.1, -0.05) is 52.0 Å². The molecule has 0 radical (unpaired) electrons. The summed E-state index contributed by atoms with van der Waals surface area (Å²) in [6.07, 6.45) is 1.86. The lowest BCUT2D eigenvalue weighted by Crippen LogP contribution is -1.96. The number of halogens is 1. The molecule has 0 aliphatic rings. The van der Waals surface area contributed by atoms with Gasteiger partial charge in [-0.15, -0.1) is 5.11 Å². The van der Waals surface area contributed by atoms with Crippen LogP contribution in [0, 0.1) is 0 Å². The summed E-state index contributed by atoms with van der Waals surface area (Å²) in [4.78, 5) is 0.0404. The molecule has 1 heterocycles. The van der Waals surface area contributed by atoms with E-state index in [0.717, 1.165) is 22.8 Å². The standard InChI is InChI=1S/C18H18BrN3O3S/c1-2-3-12-22-16-7-5-4-6-15(16)17(18(22)23)20-21-26(24,25)14-10-8-13(19)9-11-14/h4-11,23H,2-3,12H2,1H3. The Kier molecular flexibility index (Phi) is 5.43. The zero-order chi connectivity index (χ0) is 18.7. The third kappa shape index (κ3) is 3.66. The first-order valence-electron chi connectivity index (χ1n) is 8.18. The van der Waals surface area contributed by atoms with E-state index in [1.165, 1.54) is 12.1 Å². The number of fused-ring (bicyclic) bond motifs is 1. The Morgan fingerprint density at radius 3 is 2.50 bits per heavy atom. The minimum Gasteiger partial charge on any atom is -0.493 e. The molecule has 0 bridgehead atoms. The molecule has 136 valence electrons. The molecule has 1 aromatic heterocycles. The molecule has 3 rings (SSSR count). The molecule has 1 N–H and O–H groups in total. The summed E-state index contributed by atoms with van der Waals surface area (Å²) in [6.45, 7) is 2.69. The van der Waals surface area contributed by atoms with E-state index in [0.29, 0.717) is 11.9 Å². The highest BCUT2D eigenvalue weighted by Gasteiger charge is 2.18. The van der Waals surface area contributed by atoms with Gasteiger partial charge in [-0.2, -0.15) is 8.42 Å². The van der Waals surface area contributed by atoms with E-state index in [9.17, 15) is 13.5 Å². The van der Waals surface area contributed by atoms with Crippen LogP contribution in [0.3, 0.4) is 0 Å². The van der Waals surface area contributed by atoms with Gasteiger partial charge in [-0.05, 0) is 36.8 Å². The normalized spacial score (nSPS) is 12.2. The number of hydrogen-bond donors (Lipinski definition) is 1. The molecule has 0 aliphatic carbocycles. The number of benzene rings is 2. The second-order valence-electron chi connectivity index (χ2n) is 5.81. The van der Waals surface area contributed by atoms with E-state index in [2.05, 4.69) is 32.5 Å². The van der Waals surface area contributed by atoms with Crippen LogP contribution in [0.15, 0.2) is 67.5 Å². The van der Waals surface area contributed by atoms with Gasteiger partial charge in [0.1, 0.15) is 0 Å². The highest BCUT2D eigenvalue weighted by Crippen LogP contribution is 2.39. The first-order chi connectivity index (χ1) is 12.4. The largest absolute Gasteiger partial charge is 0.493 e. The molecule has 0 spiro atoms. The summed E-state index contributed by atoms with van der Waals surface area (Å²) in [5.74, 6) is -0.0746. The third-order valence-electron chi connectivity index (χ3n) is 4.01. The van der Waals surface area contributed by atoms with Crippen LogP contribution in [0.4, 0.5) is 5.69 Å². The molecular weight excluding hydrogens is 418 g/mol. The molecule has 8 heteroatoms. The summed E-state index contributed by atoms with van der Waals surface area (Å²) in [6, 6.07) is 13.5. The van der Waals surface area contributed by atoms with Crippen LogP contribution in [-0.4, -0.2) is 18.1 Å². The second kappa shape index (κ2) is 7.59. The van der Waals surface area contributed by atoms with Crippen molar-refractivity contribution in [2.75, 3.05) is 0 Å². The summed E-state index contributed by atoms with van der Waals surface area (Å²) in [5.41, 5.74) is 0.964. The molecule has 0 unspecified atom stereocenters. The molecule has 0 aliphatic heterocycles. The zero-order valence-electron chi connectivity index (χ0n) is 14.1. The van der Waals surface area contributed by atoms with Crippen molar-refractivity contribution in [2.45, 2.75) is 31.2 Å². The van der Waals surface area contributed by atoms with Gasteiger partial charge < -0.3 is 9.67 Å². The van der Waals surface area contributed by atoms with E-state index < -0.39 is 10.0 Å². The fourth-order valence-electron chi connectivity index (χ4n) is 2.66. The van der Waals surface area contributed by atoms with Gasteiger partial charge in [0.15, 0.2) is 5.69 Å². The van der Waals surface area contributed by atoms with Crippen molar-refractivity contribution >= 4 is 42.5 Å². The van der Waals surface area contributed by atoms with Gasteiger partial charge in [0.2, 0.25) is 5.88 Å². The maximum atomic E-state index is 12.4. The molecule has 0 amide bonds. The number of aromatic nitrogens is 1. The van der Waals surface area contributed by atoms with Crippen molar-refractivity contribution in [1.29, 1.82) is 0 Å². The van der Waals surface area contributed by atoms with Crippen molar-refractivity contribution in [3.63, 3.8) is 0 Å². The number of aryl methyl sites for hydroxylation is 1. The Balaban J connectivity index is 2.04. The average molecular weight is 436 g/mol. The lowest BCUT2D eigenvalue weighted by Gasteiger charge is -2.05. The van der Waals surface area contributed by atoms with E-state index in [-0.39, 0.29) is 16.5 Å². The van der Waals surface area contributed by atoms with Gasteiger partial charge in [0.05, 0.1) is 10.4 Å². The number of sulfonamides is 1. The Morgan fingerprint density at radius 2 is 1.81 bits per heavy atom. The van der Waals surface area contributed by atoms with Crippen LogP contribution >= 0.6 is 15.9 Å². The molecule has 0 saturated heterocycles. The molecular formula is C18H18BrN3O3S. The van der Waals surface area contributed by atoms with Crippen molar-refractivity contribution in [2.24, 2.45) is 9.63 Å². The molecule has 2 aromatic carbocycles. The van der Waals surface area contributed by atoms with Crippen molar-refractivity contribution in [3.8, 4) is 5.88 Å². The average Bonchev–Trinajstić information content (AvgIpc) is 2.90. The summed E-state index contributed by atoms with van der Waals surface area (Å²) in [7, 11) is -3.95. The Bertz CT molecular complexity index is 1060. The fraction of sp³-hybridized carbons (Fsp3) is 0.222. The highest BCUT2D eigenvalue weighted by atomic mass is 79.9. The molecule has 6 nitrogen and oxygen atoms in total. The van der Waals surface area contributed by atoms with Crippen LogP contribution < -0.4 is 0 Å². The van der Waals surface area contributed by atoms with Crippen molar-refractivity contribution in [1.82, 2.24) is 4.57 Å². The molecule has 0 atom stereocenters. The Morgan fingerprint density at radius 1 is 1.12 bits per heavy atom. The van der Waals surface area contributed by atoms with E-state index in [4.69, 9.17) is 0 Å². The summed E-state index contributed by atoms with van der Waals surface area (Å²) in [5, 5.41) is 15.1. The Labute approximate surface area is 160 Å². The van der Waals surface area contributed by atoms with E-state index >= 15 is 0 Å². The van der Waals surface area contributed by atoms with E-state index in [1.54, 1.807) is 22.8 Å². The first-order valence-corrected chi connectivity index (χ1v) is 10.4. The predicted molar refractivity (Wildman–Crippen MR) is 104 cm³/mol. The number of hydrogen-bond acceptors (Lipinski definition) is 4. The molecule has 0 fully saturated rings. The van der Waals surface area contributed by atoms with Crippen LogP contribution in [0.25, 0.3) is 10.9 Å². The molecule has 3 aromatic rings. The number of nitrogens with zero attached hydrogens (tertiary/aromatic N) is 3. The minimum absolute atomic E-state index is 0.0404. The number of aromatic hydroxyl groups is 1. The summed E-state index contributed by atoms with van der Waals surface area (Å²) >= 11 is 3.26. The highest BCUT2D eigenvalue weighted by molar-refractivity contribution is 9.10. The van der Waals surface area contributed by atoms with Crippen LogP contribution in [-0.2, 0) is 16.6 Å². The van der Waals surface area contributed by atoms with Gasteiger partial charge in [0, 0.05) is 16.4 Å². The first kappa shape index (κ1) is 18.6. The van der Waals surface area contributed by atoms with Crippen LogP contribution in [0.2, 0.25) is 0 Å². The fourth-order valence-corrected chi connectivity index (χ4v) is 3.69. The van der Waals surface area contributed by atoms with Crippen molar-refractivity contribution < 1.29 is 13.5 Å². The Hall–Kier alpha value is -2.19. The maximum absolute atomic E-state index is 12.4. The summed E-state index contributed by atoms with van der Waals surface area (Å²) < 4.78 is 30.8. The smallest absolute Gasteiger partial charge is 0.299 e. The van der Waals surface area contributed by atoms with E-state index in [1.807, 2.05) is 18.2 Å². The van der Waals surface area contributed by atoms with Gasteiger partial charge >= 0.3 is 0 Å². The SMILES string of the molecule is CCCCn1c(O)c(N=NS(=O)(=O)c2ccc(Br)cc2)c2ccccc21. The topological polar surface area (TPSA) is 84.0 Å². The molecule has 26 heavy (non-hydrogen) atoms. The number of rotatable bonds is 6.